The molecule has 1 aliphatic heterocycles. The van der Waals surface area contributed by atoms with Gasteiger partial charge in [-0.2, -0.15) is 0 Å². The summed E-state index contributed by atoms with van der Waals surface area (Å²) in [5.74, 6) is 1.12. The van der Waals surface area contributed by atoms with Gasteiger partial charge in [-0.1, -0.05) is 35.9 Å². The van der Waals surface area contributed by atoms with E-state index in [0.29, 0.717) is 35.3 Å². The van der Waals surface area contributed by atoms with E-state index in [1.54, 1.807) is 12.1 Å². The number of amidine groups is 1. The lowest BCUT2D eigenvalue weighted by atomic mass is 10.2. The third-order valence-electron chi connectivity index (χ3n) is 4.00. The van der Waals surface area contributed by atoms with Gasteiger partial charge in [-0.25, -0.2) is 8.42 Å². The van der Waals surface area contributed by atoms with E-state index in [-0.39, 0.29) is 16.6 Å². The maximum absolute atomic E-state index is 12.5. The lowest BCUT2D eigenvalue weighted by Crippen LogP contribution is -2.29. The second-order valence-electron chi connectivity index (χ2n) is 6.20. The van der Waals surface area contributed by atoms with Gasteiger partial charge >= 0.3 is 0 Å². The Bertz CT molecular complexity index is 993. The Balaban J connectivity index is 1.56. The van der Waals surface area contributed by atoms with Crippen LogP contribution in [0.4, 0.5) is 5.69 Å². The van der Waals surface area contributed by atoms with Gasteiger partial charge in [-0.15, -0.1) is 11.8 Å². The average Bonchev–Trinajstić information content (AvgIpc) is 3.16. The van der Waals surface area contributed by atoms with Crippen molar-refractivity contribution in [2.45, 2.75) is 23.5 Å². The second kappa shape index (κ2) is 9.45. The maximum Gasteiger partial charge on any atom is 0.262 e. The zero-order chi connectivity index (χ0) is 20.0. The molecule has 2 N–H and O–H groups in total. The van der Waals surface area contributed by atoms with Crippen LogP contribution >= 0.6 is 23.4 Å². The molecule has 0 unspecified atom stereocenters. The molecule has 0 saturated heterocycles. The van der Waals surface area contributed by atoms with Crippen molar-refractivity contribution >= 4 is 50.8 Å². The monoisotopic (exact) mass is 437 g/mol. The predicted molar refractivity (Wildman–Crippen MR) is 115 cm³/mol. The number of thioether (sulfide) groups is 1. The van der Waals surface area contributed by atoms with E-state index in [0.717, 1.165) is 12.0 Å². The third kappa shape index (κ3) is 5.73. The zero-order valence-corrected chi connectivity index (χ0v) is 17.4. The Morgan fingerprint density at radius 1 is 1.18 bits per heavy atom. The number of sulfonamides is 1. The Morgan fingerprint density at radius 3 is 2.75 bits per heavy atom. The van der Waals surface area contributed by atoms with Crippen molar-refractivity contribution < 1.29 is 13.2 Å². The smallest absolute Gasteiger partial charge is 0.262 e. The number of amides is 1. The number of halogens is 1. The second-order valence-corrected chi connectivity index (χ2v) is 9.27. The molecule has 2 aromatic carbocycles. The first-order valence-electron chi connectivity index (χ1n) is 8.71. The van der Waals surface area contributed by atoms with Crippen LogP contribution in [0.3, 0.4) is 0 Å². The van der Waals surface area contributed by atoms with Gasteiger partial charge in [0.1, 0.15) is 5.84 Å². The van der Waals surface area contributed by atoms with Crippen molar-refractivity contribution in [1.82, 2.24) is 4.72 Å². The number of carbonyl (C=O) groups is 1. The molecule has 9 heteroatoms. The Hall–Kier alpha value is -2.03. The lowest BCUT2D eigenvalue weighted by molar-refractivity contribution is -0.113. The molecule has 0 atom stereocenters. The summed E-state index contributed by atoms with van der Waals surface area (Å²) in [7, 11) is -3.71. The molecule has 1 heterocycles. The van der Waals surface area contributed by atoms with Crippen molar-refractivity contribution in [3.63, 3.8) is 0 Å². The van der Waals surface area contributed by atoms with Crippen LogP contribution in [0.5, 0.6) is 0 Å². The highest BCUT2D eigenvalue weighted by molar-refractivity contribution is 7.99. The molecular weight excluding hydrogens is 418 g/mol. The van der Waals surface area contributed by atoms with Gasteiger partial charge in [0.05, 0.1) is 10.6 Å². The molecular formula is C19H20ClN3O3S2. The topological polar surface area (TPSA) is 87.6 Å². The van der Waals surface area contributed by atoms with Crippen LogP contribution in [0.15, 0.2) is 58.4 Å². The number of carbonyl (C=O) groups excluding carboxylic acids is 1. The van der Waals surface area contributed by atoms with E-state index in [2.05, 4.69) is 15.0 Å². The number of rotatable bonds is 7. The van der Waals surface area contributed by atoms with Crippen LogP contribution < -0.4 is 10.0 Å². The van der Waals surface area contributed by atoms with Crippen molar-refractivity contribution in [2.24, 2.45) is 4.99 Å². The molecule has 3 rings (SSSR count). The highest BCUT2D eigenvalue weighted by Crippen LogP contribution is 2.21. The first-order valence-corrected chi connectivity index (χ1v) is 11.7. The largest absolute Gasteiger partial charge is 0.325 e. The van der Waals surface area contributed by atoms with Crippen LogP contribution in [-0.2, 0) is 20.6 Å². The normalized spacial score (nSPS) is 13.8. The summed E-state index contributed by atoms with van der Waals surface area (Å²) in [5, 5.41) is 3.41. The Morgan fingerprint density at radius 2 is 2.00 bits per heavy atom. The molecule has 0 fully saturated rings. The van der Waals surface area contributed by atoms with Crippen LogP contribution in [0.2, 0.25) is 5.02 Å². The molecule has 1 amide bonds. The molecule has 2 aromatic rings. The summed E-state index contributed by atoms with van der Waals surface area (Å²) in [6.45, 7) is 0.639. The number of nitrogens with zero attached hydrogens (tertiary/aromatic N) is 1. The fraction of sp³-hybridized carbons (Fsp3) is 0.263. The first kappa shape index (κ1) is 20.7. The molecule has 148 valence electrons. The summed E-state index contributed by atoms with van der Waals surface area (Å²) in [5.41, 5.74) is 1.40. The minimum atomic E-state index is -3.71. The molecule has 0 spiro atoms. The molecule has 0 radical (unpaired) electrons. The van der Waals surface area contributed by atoms with Crippen molar-refractivity contribution in [2.75, 3.05) is 17.6 Å². The van der Waals surface area contributed by atoms with Crippen LogP contribution in [0.1, 0.15) is 18.4 Å². The minimum absolute atomic E-state index is 0.0867. The molecule has 0 aliphatic carbocycles. The van der Waals surface area contributed by atoms with Crippen molar-refractivity contribution in [3.05, 3.63) is 59.1 Å². The molecule has 0 saturated carbocycles. The van der Waals surface area contributed by atoms with Crippen LogP contribution in [-0.4, -0.2) is 32.5 Å². The average molecular weight is 438 g/mol. The van der Waals surface area contributed by atoms with Crippen LogP contribution in [0.25, 0.3) is 0 Å². The van der Waals surface area contributed by atoms with Crippen LogP contribution in [0, 0.1) is 0 Å². The SMILES string of the molecule is O=C(CSCc1ccccc1Cl)Nc1cccc(S(=O)(=O)NC2=NCCC2)c1. The Kier molecular flexibility index (Phi) is 6.98. The molecule has 0 aromatic heterocycles. The fourth-order valence-corrected chi connectivity index (χ4v) is 4.89. The van der Waals surface area contributed by atoms with Gasteiger partial charge in [-0.3, -0.25) is 14.5 Å². The number of anilines is 1. The van der Waals surface area contributed by atoms with E-state index in [9.17, 15) is 13.2 Å². The molecule has 28 heavy (non-hydrogen) atoms. The van der Waals surface area contributed by atoms with E-state index in [1.165, 1.54) is 23.9 Å². The number of benzene rings is 2. The molecule has 0 bridgehead atoms. The zero-order valence-electron chi connectivity index (χ0n) is 15.0. The minimum Gasteiger partial charge on any atom is -0.325 e. The first-order chi connectivity index (χ1) is 13.4. The summed E-state index contributed by atoms with van der Waals surface area (Å²) >= 11 is 7.54. The molecule has 1 aliphatic rings. The van der Waals surface area contributed by atoms with Gasteiger partial charge in [-0.05, 0) is 36.2 Å². The van der Waals surface area contributed by atoms with Gasteiger partial charge < -0.3 is 5.32 Å². The highest BCUT2D eigenvalue weighted by atomic mass is 35.5. The summed E-state index contributed by atoms with van der Waals surface area (Å²) in [6, 6.07) is 13.7. The Labute approximate surface area is 173 Å². The summed E-state index contributed by atoms with van der Waals surface area (Å²) in [6.07, 6.45) is 1.47. The number of hydrogen-bond acceptors (Lipinski definition) is 5. The van der Waals surface area contributed by atoms with Crippen molar-refractivity contribution in [3.8, 4) is 0 Å². The van der Waals surface area contributed by atoms with E-state index >= 15 is 0 Å². The van der Waals surface area contributed by atoms with Gasteiger partial charge in [0.25, 0.3) is 10.0 Å². The van der Waals surface area contributed by atoms with Gasteiger partial charge in [0.15, 0.2) is 0 Å². The number of nitrogens with one attached hydrogen (secondary N) is 2. The quantitative estimate of drug-likeness (QED) is 0.691. The maximum atomic E-state index is 12.5. The van der Waals surface area contributed by atoms with Crippen molar-refractivity contribution in [1.29, 1.82) is 0 Å². The highest BCUT2D eigenvalue weighted by Gasteiger charge is 2.18. The summed E-state index contributed by atoms with van der Waals surface area (Å²) < 4.78 is 27.4. The van der Waals surface area contributed by atoms with Gasteiger partial charge in [0, 0.05) is 29.4 Å². The lowest BCUT2D eigenvalue weighted by Gasteiger charge is -2.10. The summed E-state index contributed by atoms with van der Waals surface area (Å²) in [4.78, 5) is 16.4. The standard InChI is InChI=1S/C19H20ClN3O3S2/c20-17-8-2-1-5-14(17)12-27-13-19(24)22-15-6-3-7-16(11-15)28(25,26)23-18-9-4-10-21-18/h1-3,5-8,11H,4,9-10,12-13H2,(H,21,23)(H,22,24). The predicted octanol–water partition coefficient (Wildman–Crippen LogP) is 3.68. The van der Waals surface area contributed by atoms with Gasteiger partial charge in [0.2, 0.25) is 5.91 Å². The van der Waals surface area contributed by atoms with E-state index < -0.39 is 10.0 Å². The third-order valence-corrected chi connectivity index (χ3v) is 6.73. The van der Waals surface area contributed by atoms with E-state index in [1.807, 2.05) is 24.3 Å². The number of aliphatic imine (C=N–C) groups is 1. The number of hydrogen-bond donors (Lipinski definition) is 2. The molecule has 6 nitrogen and oxygen atoms in total. The fourth-order valence-electron chi connectivity index (χ4n) is 2.64. The van der Waals surface area contributed by atoms with E-state index in [4.69, 9.17) is 11.6 Å².